The quantitative estimate of drug-likeness (QED) is 0.299. The fourth-order valence-electron chi connectivity index (χ4n) is 3.52. The fourth-order valence-corrected chi connectivity index (χ4v) is 4.31. The predicted molar refractivity (Wildman–Crippen MR) is 134 cm³/mol. The lowest BCUT2D eigenvalue weighted by atomic mass is 10.2. The molecule has 0 aliphatic rings. The molecular weight excluding hydrogens is 515 g/mol. The summed E-state index contributed by atoms with van der Waals surface area (Å²) < 4.78 is 50.7. The third kappa shape index (κ3) is 4.86. The fraction of sp³-hybridized carbons (Fsp3) is 0.0800. The van der Waals surface area contributed by atoms with Crippen molar-refractivity contribution >= 4 is 26.8 Å². The van der Waals surface area contributed by atoms with Crippen molar-refractivity contribution < 1.29 is 27.1 Å². The molecule has 11 nitrogen and oxygen atoms in total. The average molecular weight is 535 g/mol. The molecular formula is C25H19FN6O5S. The number of H-pyrrole nitrogens is 1. The van der Waals surface area contributed by atoms with E-state index in [4.69, 9.17) is 15.2 Å². The van der Waals surface area contributed by atoms with Gasteiger partial charge in [-0.3, -0.25) is 9.78 Å². The highest BCUT2D eigenvalue weighted by atomic mass is 32.2. The van der Waals surface area contributed by atoms with Crippen LogP contribution in [0.5, 0.6) is 23.0 Å². The molecule has 0 bridgehead atoms. The van der Waals surface area contributed by atoms with E-state index in [1.54, 1.807) is 6.07 Å². The number of hydrogen-bond acceptors (Lipinski definition) is 9. The van der Waals surface area contributed by atoms with Gasteiger partial charge in [0.2, 0.25) is 0 Å². The molecule has 0 fully saturated rings. The molecule has 13 heteroatoms. The van der Waals surface area contributed by atoms with Crippen LogP contribution < -0.4 is 15.2 Å². The molecule has 192 valence electrons. The maximum absolute atomic E-state index is 14.7. The number of hydrogen-bond donors (Lipinski definition) is 2. The molecule has 38 heavy (non-hydrogen) atoms. The number of imidazole rings is 1. The van der Waals surface area contributed by atoms with E-state index in [1.165, 1.54) is 62.0 Å². The second-order valence-corrected chi connectivity index (χ2v) is 10.1. The van der Waals surface area contributed by atoms with Crippen LogP contribution >= 0.6 is 0 Å². The second kappa shape index (κ2) is 9.86. The van der Waals surface area contributed by atoms with Crippen molar-refractivity contribution in [2.75, 3.05) is 5.75 Å². The van der Waals surface area contributed by atoms with Crippen LogP contribution in [0.1, 0.15) is 17.3 Å². The highest BCUT2D eigenvalue weighted by molar-refractivity contribution is 7.91. The van der Waals surface area contributed by atoms with Crippen LogP contribution in [0.2, 0.25) is 0 Å². The lowest BCUT2D eigenvalue weighted by Gasteiger charge is -2.14. The first-order valence-corrected chi connectivity index (χ1v) is 12.8. The number of ether oxygens (including phenoxy) is 2. The van der Waals surface area contributed by atoms with Crippen LogP contribution in [0, 0.1) is 5.82 Å². The number of aromatic amines is 1. The van der Waals surface area contributed by atoms with Crippen molar-refractivity contribution in [2.45, 2.75) is 11.9 Å². The van der Waals surface area contributed by atoms with Crippen molar-refractivity contribution in [3.63, 3.8) is 0 Å². The Bertz CT molecular complexity index is 1760. The highest BCUT2D eigenvalue weighted by Gasteiger charge is 2.20. The minimum Gasteiger partial charge on any atom is -0.452 e. The molecule has 5 rings (SSSR count). The summed E-state index contributed by atoms with van der Waals surface area (Å²) in [6.07, 6.45) is 5.82. The molecule has 0 aliphatic heterocycles. The number of pyridine rings is 1. The number of primary amides is 1. The van der Waals surface area contributed by atoms with Crippen LogP contribution in [-0.4, -0.2) is 45.0 Å². The molecule has 0 unspecified atom stereocenters. The zero-order chi connectivity index (χ0) is 26.9. The van der Waals surface area contributed by atoms with E-state index in [9.17, 15) is 17.6 Å². The van der Waals surface area contributed by atoms with Crippen LogP contribution in [-0.2, 0) is 9.84 Å². The number of halogens is 1. The monoisotopic (exact) mass is 534 g/mol. The summed E-state index contributed by atoms with van der Waals surface area (Å²) in [5.41, 5.74) is 6.67. The van der Waals surface area contributed by atoms with Crippen LogP contribution in [0.3, 0.4) is 0 Å². The molecule has 1 amide bonds. The Kier molecular flexibility index (Phi) is 6.43. The summed E-state index contributed by atoms with van der Waals surface area (Å²) in [5.74, 6) is -1.50. The summed E-state index contributed by atoms with van der Waals surface area (Å²) in [6, 6.07) is 9.58. The van der Waals surface area contributed by atoms with E-state index in [0.29, 0.717) is 22.6 Å². The number of carbonyl (C=O) groups excluding carboxylic acids is 1. The summed E-state index contributed by atoms with van der Waals surface area (Å²) in [4.78, 5) is 31.8. The first-order valence-electron chi connectivity index (χ1n) is 11.2. The summed E-state index contributed by atoms with van der Waals surface area (Å²) in [6.45, 7) is 1.52. The summed E-state index contributed by atoms with van der Waals surface area (Å²) >= 11 is 0. The van der Waals surface area contributed by atoms with Crippen molar-refractivity contribution in [2.24, 2.45) is 5.73 Å². The third-order valence-electron chi connectivity index (χ3n) is 5.43. The van der Waals surface area contributed by atoms with E-state index in [-0.39, 0.29) is 33.6 Å². The Labute approximate surface area is 215 Å². The Morgan fingerprint density at radius 3 is 2.55 bits per heavy atom. The van der Waals surface area contributed by atoms with E-state index >= 15 is 0 Å². The van der Waals surface area contributed by atoms with E-state index in [0.717, 1.165) is 6.07 Å². The van der Waals surface area contributed by atoms with Crippen molar-refractivity contribution in [1.82, 2.24) is 24.9 Å². The van der Waals surface area contributed by atoms with Gasteiger partial charge in [-0.05, 0) is 24.3 Å². The maximum atomic E-state index is 14.7. The molecule has 0 atom stereocenters. The first-order chi connectivity index (χ1) is 18.2. The summed E-state index contributed by atoms with van der Waals surface area (Å²) in [7, 11) is -3.51. The van der Waals surface area contributed by atoms with Gasteiger partial charge in [0, 0.05) is 24.5 Å². The van der Waals surface area contributed by atoms with Gasteiger partial charge in [0.05, 0.1) is 34.7 Å². The van der Waals surface area contributed by atoms with Crippen molar-refractivity contribution in [3.05, 3.63) is 78.6 Å². The van der Waals surface area contributed by atoms with Gasteiger partial charge in [0.1, 0.15) is 11.4 Å². The lowest BCUT2D eigenvalue weighted by Crippen LogP contribution is -2.13. The number of nitrogens with one attached hydrogen (secondary N) is 1. The normalized spacial score (nSPS) is 11.4. The minimum absolute atomic E-state index is 0.00699. The van der Waals surface area contributed by atoms with Gasteiger partial charge in [-0.1, -0.05) is 13.0 Å². The average Bonchev–Trinajstić information content (AvgIpc) is 3.33. The molecule has 0 saturated heterocycles. The lowest BCUT2D eigenvalue weighted by molar-refractivity contribution is 0.0997. The predicted octanol–water partition coefficient (Wildman–Crippen LogP) is 4.03. The molecule has 0 aliphatic carbocycles. The van der Waals surface area contributed by atoms with Gasteiger partial charge in [-0.25, -0.2) is 27.8 Å². The highest BCUT2D eigenvalue weighted by Crippen LogP contribution is 2.40. The van der Waals surface area contributed by atoms with Gasteiger partial charge in [-0.15, -0.1) is 0 Å². The van der Waals surface area contributed by atoms with Gasteiger partial charge in [0.15, 0.2) is 43.8 Å². The van der Waals surface area contributed by atoms with Crippen molar-refractivity contribution in [3.8, 4) is 34.5 Å². The van der Waals surface area contributed by atoms with E-state index in [2.05, 4.69) is 24.9 Å². The molecule has 3 heterocycles. The first kappa shape index (κ1) is 24.8. The molecule has 2 aromatic carbocycles. The molecule has 3 aromatic heterocycles. The minimum atomic E-state index is -3.51. The Balaban J connectivity index is 1.60. The van der Waals surface area contributed by atoms with E-state index in [1.807, 2.05) is 0 Å². The molecule has 3 N–H and O–H groups in total. The molecule has 0 radical (unpaired) electrons. The number of benzene rings is 2. The zero-order valence-electron chi connectivity index (χ0n) is 19.8. The zero-order valence-corrected chi connectivity index (χ0v) is 20.6. The Morgan fingerprint density at radius 2 is 1.87 bits per heavy atom. The maximum Gasteiger partial charge on any atom is 0.252 e. The number of sulfone groups is 1. The Morgan fingerprint density at radius 1 is 1.05 bits per heavy atom. The number of fused-ring (bicyclic) bond motifs is 1. The number of para-hydroxylation sites is 1. The number of nitrogens with two attached hydrogens (primary N) is 1. The number of aromatic nitrogens is 5. The van der Waals surface area contributed by atoms with Crippen LogP contribution in [0.25, 0.3) is 22.6 Å². The third-order valence-corrected chi connectivity index (χ3v) is 7.07. The van der Waals surface area contributed by atoms with Gasteiger partial charge in [0.25, 0.3) is 5.91 Å². The van der Waals surface area contributed by atoms with E-state index < -0.39 is 27.3 Å². The summed E-state index contributed by atoms with van der Waals surface area (Å²) in [5, 5.41) is -0.0982. The smallest absolute Gasteiger partial charge is 0.252 e. The SMILES string of the molecule is CCS(=O)(=O)c1ccc(Oc2cc3[nH]c(-c4cnccn4)nc3cc2Oc2c(F)cccc2C(N)=O)cn1. The topological polar surface area (TPSA) is 163 Å². The molecule has 0 spiro atoms. The standard InChI is InChI=1S/C25H19FN6O5S/c1-2-38(34,35)22-7-6-14(12-30-22)36-20-10-17-18(32-25(31-17)19-13-28-8-9-29-19)11-21(20)37-23-15(24(27)33)4-3-5-16(23)26/h3-13H,2H2,1H3,(H2,27,33)(H,31,32). The van der Waals surface area contributed by atoms with Gasteiger partial charge in [-0.2, -0.15) is 0 Å². The largest absolute Gasteiger partial charge is 0.452 e. The number of amides is 1. The van der Waals surface area contributed by atoms with Gasteiger partial charge < -0.3 is 20.2 Å². The molecule has 0 saturated carbocycles. The van der Waals surface area contributed by atoms with Gasteiger partial charge >= 0.3 is 0 Å². The van der Waals surface area contributed by atoms with Crippen molar-refractivity contribution in [1.29, 1.82) is 0 Å². The van der Waals surface area contributed by atoms with Crippen LogP contribution in [0.15, 0.2) is 72.3 Å². The number of rotatable bonds is 8. The van der Waals surface area contributed by atoms with Crippen LogP contribution in [0.4, 0.5) is 4.39 Å². The number of nitrogens with zero attached hydrogens (tertiary/aromatic N) is 4. The number of carbonyl (C=O) groups is 1. The Hall–Kier alpha value is -4.91. The second-order valence-electron chi connectivity index (χ2n) is 7.91. The molecule has 5 aromatic rings.